The third kappa shape index (κ3) is 3.23. The molecule has 2 N–H and O–H groups in total. The molecule has 1 fully saturated rings. The van der Waals surface area contributed by atoms with Crippen LogP contribution in [-0.4, -0.2) is 12.1 Å². The van der Waals surface area contributed by atoms with Gasteiger partial charge in [-0.25, -0.2) is 4.79 Å². The topological polar surface area (TPSA) is 64.9 Å². The third-order valence-electron chi connectivity index (χ3n) is 3.04. The van der Waals surface area contributed by atoms with Crippen LogP contribution >= 0.6 is 15.9 Å². The Morgan fingerprint density at radius 1 is 1.39 bits per heavy atom. The van der Waals surface area contributed by atoms with E-state index in [4.69, 9.17) is 5.26 Å². The summed E-state index contributed by atoms with van der Waals surface area (Å²) in [5.74, 6) is 0. The van der Waals surface area contributed by atoms with Crippen molar-refractivity contribution in [2.45, 2.75) is 31.7 Å². The minimum atomic E-state index is -0.182. The van der Waals surface area contributed by atoms with Crippen LogP contribution in [0.2, 0.25) is 0 Å². The van der Waals surface area contributed by atoms with Crippen LogP contribution in [0.15, 0.2) is 22.7 Å². The Hall–Kier alpha value is -1.54. The van der Waals surface area contributed by atoms with Gasteiger partial charge < -0.3 is 10.6 Å². The Balaban J connectivity index is 1.94. The summed E-state index contributed by atoms with van der Waals surface area (Å²) in [6.07, 6.45) is 4.50. The zero-order valence-corrected chi connectivity index (χ0v) is 11.5. The first-order valence-corrected chi connectivity index (χ1v) is 6.75. The molecule has 5 heteroatoms. The van der Waals surface area contributed by atoms with Crippen molar-refractivity contribution in [2.24, 2.45) is 0 Å². The Bertz CT molecular complexity index is 489. The van der Waals surface area contributed by atoms with Crippen LogP contribution in [0.5, 0.6) is 0 Å². The lowest BCUT2D eigenvalue weighted by molar-refractivity contribution is 0.248. The van der Waals surface area contributed by atoms with Gasteiger partial charge in [0.2, 0.25) is 0 Å². The number of anilines is 1. The molecule has 1 aromatic rings. The SMILES string of the molecule is N#Cc1ccc(NC(=O)NC2CCCC2)cc1Br. The van der Waals surface area contributed by atoms with E-state index in [9.17, 15) is 4.79 Å². The number of benzene rings is 1. The van der Waals surface area contributed by atoms with Crippen LogP contribution in [0.4, 0.5) is 10.5 Å². The second-order valence-electron chi connectivity index (χ2n) is 4.39. The van der Waals surface area contributed by atoms with E-state index in [1.165, 1.54) is 12.8 Å². The molecule has 0 heterocycles. The molecule has 4 nitrogen and oxygen atoms in total. The fourth-order valence-electron chi connectivity index (χ4n) is 2.11. The predicted octanol–water partition coefficient (Wildman–Crippen LogP) is 3.38. The number of carbonyl (C=O) groups is 1. The molecule has 0 aliphatic heterocycles. The largest absolute Gasteiger partial charge is 0.335 e. The van der Waals surface area contributed by atoms with Crippen LogP contribution in [-0.2, 0) is 0 Å². The van der Waals surface area contributed by atoms with Crippen LogP contribution < -0.4 is 10.6 Å². The van der Waals surface area contributed by atoms with E-state index in [0.717, 1.165) is 12.8 Å². The van der Waals surface area contributed by atoms with Crippen molar-refractivity contribution in [2.75, 3.05) is 5.32 Å². The molecular formula is C13H14BrN3O. The van der Waals surface area contributed by atoms with Gasteiger partial charge in [0.25, 0.3) is 0 Å². The number of nitrogens with zero attached hydrogens (tertiary/aromatic N) is 1. The molecule has 1 aliphatic carbocycles. The van der Waals surface area contributed by atoms with Crippen molar-refractivity contribution in [3.8, 4) is 6.07 Å². The van der Waals surface area contributed by atoms with Gasteiger partial charge in [0, 0.05) is 16.2 Å². The predicted molar refractivity (Wildman–Crippen MR) is 73.3 cm³/mol. The maximum Gasteiger partial charge on any atom is 0.319 e. The van der Waals surface area contributed by atoms with Crippen molar-refractivity contribution < 1.29 is 4.79 Å². The summed E-state index contributed by atoms with van der Waals surface area (Å²) in [6, 6.07) is 7.30. The van der Waals surface area contributed by atoms with Gasteiger partial charge in [0.1, 0.15) is 6.07 Å². The lowest BCUT2D eigenvalue weighted by atomic mass is 10.2. The standard InChI is InChI=1S/C13H14BrN3O/c14-12-7-11(6-5-9(12)8-15)17-13(18)16-10-3-1-2-4-10/h5-7,10H,1-4H2,(H2,16,17,18). The quantitative estimate of drug-likeness (QED) is 0.879. The summed E-state index contributed by atoms with van der Waals surface area (Å²) in [6.45, 7) is 0. The molecule has 0 radical (unpaired) electrons. The summed E-state index contributed by atoms with van der Waals surface area (Å²) in [4.78, 5) is 11.7. The number of nitrogens with one attached hydrogen (secondary N) is 2. The molecule has 1 aromatic carbocycles. The zero-order valence-electron chi connectivity index (χ0n) is 9.87. The molecule has 0 bridgehead atoms. The lowest BCUT2D eigenvalue weighted by Crippen LogP contribution is -2.36. The van der Waals surface area contributed by atoms with Crippen molar-refractivity contribution >= 4 is 27.6 Å². The molecule has 18 heavy (non-hydrogen) atoms. The molecule has 0 saturated heterocycles. The highest BCUT2D eigenvalue weighted by molar-refractivity contribution is 9.10. The van der Waals surface area contributed by atoms with E-state index in [-0.39, 0.29) is 6.03 Å². The van der Waals surface area contributed by atoms with Gasteiger partial charge in [0.15, 0.2) is 0 Å². The molecule has 94 valence electrons. The van der Waals surface area contributed by atoms with Gasteiger partial charge in [-0.2, -0.15) is 5.26 Å². The first-order valence-electron chi connectivity index (χ1n) is 5.96. The van der Waals surface area contributed by atoms with Crippen molar-refractivity contribution in [1.29, 1.82) is 5.26 Å². The molecule has 2 rings (SSSR count). The first kappa shape index (κ1) is 12.9. The first-order chi connectivity index (χ1) is 8.69. The number of rotatable bonds is 2. The second kappa shape index (κ2) is 5.87. The van der Waals surface area contributed by atoms with Crippen LogP contribution in [0.3, 0.4) is 0 Å². The Labute approximate surface area is 115 Å². The fourth-order valence-corrected chi connectivity index (χ4v) is 2.57. The normalized spacial score (nSPS) is 15.1. The number of hydrogen-bond acceptors (Lipinski definition) is 2. The Morgan fingerprint density at radius 2 is 2.11 bits per heavy atom. The maximum absolute atomic E-state index is 11.7. The van der Waals surface area contributed by atoms with E-state index in [1.54, 1.807) is 18.2 Å². The number of halogens is 1. The highest BCUT2D eigenvalue weighted by Crippen LogP contribution is 2.21. The van der Waals surface area contributed by atoms with Gasteiger partial charge >= 0.3 is 6.03 Å². The third-order valence-corrected chi connectivity index (χ3v) is 3.69. The second-order valence-corrected chi connectivity index (χ2v) is 5.24. The Morgan fingerprint density at radius 3 is 2.72 bits per heavy atom. The summed E-state index contributed by atoms with van der Waals surface area (Å²) >= 11 is 3.29. The lowest BCUT2D eigenvalue weighted by Gasteiger charge is -2.13. The van der Waals surface area contributed by atoms with Gasteiger partial charge in [0.05, 0.1) is 5.56 Å². The van der Waals surface area contributed by atoms with Crippen molar-refractivity contribution in [1.82, 2.24) is 5.32 Å². The molecule has 1 saturated carbocycles. The monoisotopic (exact) mass is 307 g/mol. The summed E-state index contributed by atoms with van der Waals surface area (Å²) in [5, 5.41) is 14.5. The van der Waals surface area contributed by atoms with Gasteiger partial charge in [-0.05, 0) is 47.0 Å². The van der Waals surface area contributed by atoms with Crippen molar-refractivity contribution in [3.05, 3.63) is 28.2 Å². The average molecular weight is 308 g/mol. The molecule has 0 aromatic heterocycles. The number of urea groups is 1. The van der Waals surface area contributed by atoms with Crippen LogP contribution in [0.25, 0.3) is 0 Å². The van der Waals surface area contributed by atoms with Gasteiger partial charge in [-0.1, -0.05) is 12.8 Å². The number of carbonyl (C=O) groups excluding carboxylic acids is 1. The molecule has 0 spiro atoms. The van der Waals surface area contributed by atoms with Crippen LogP contribution in [0, 0.1) is 11.3 Å². The molecule has 2 amide bonds. The van der Waals surface area contributed by atoms with E-state index in [2.05, 4.69) is 32.6 Å². The fraction of sp³-hybridized carbons (Fsp3) is 0.385. The molecule has 1 aliphatic rings. The van der Waals surface area contributed by atoms with E-state index in [1.807, 2.05) is 0 Å². The van der Waals surface area contributed by atoms with Crippen molar-refractivity contribution in [3.63, 3.8) is 0 Å². The Kier molecular flexibility index (Phi) is 4.21. The van der Waals surface area contributed by atoms with E-state index in [0.29, 0.717) is 21.8 Å². The van der Waals surface area contributed by atoms with E-state index >= 15 is 0 Å². The molecule has 0 unspecified atom stereocenters. The summed E-state index contributed by atoms with van der Waals surface area (Å²) in [7, 11) is 0. The average Bonchev–Trinajstić information content (AvgIpc) is 2.82. The summed E-state index contributed by atoms with van der Waals surface area (Å²) in [5.41, 5.74) is 1.23. The number of amides is 2. The van der Waals surface area contributed by atoms with E-state index < -0.39 is 0 Å². The minimum absolute atomic E-state index is 0.182. The van der Waals surface area contributed by atoms with Crippen LogP contribution in [0.1, 0.15) is 31.2 Å². The van der Waals surface area contributed by atoms with Gasteiger partial charge in [-0.3, -0.25) is 0 Å². The zero-order chi connectivity index (χ0) is 13.0. The maximum atomic E-state index is 11.7. The summed E-state index contributed by atoms with van der Waals surface area (Å²) < 4.78 is 0.684. The smallest absolute Gasteiger partial charge is 0.319 e. The molecule has 0 atom stereocenters. The highest BCUT2D eigenvalue weighted by atomic mass is 79.9. The van der Waals surface area contributed by atoms with Gasteiger partial charge in [-0.15, -0.1) is 0 Å². The highest BCUT2D eigenvalue weighted by Gasteiger charge is 2.17. The molecular weight excluding hydrogens is 294 g/mol. The number of hydrogen-bond donors (Lipinski definition) is 2. The minimum Gasteiger partial charge on any atom is -0.335 e. The number of nitriles is 1.